The quantitative estimate of drug-likeness (QED) is 0.217. The fraction of sp³-hybridized carbons (Fsp3) is 0.0500. The van der Waals surface area contributed by atoms with E-state index in [9.17, 15) is 9.59 Å². The van der Waals surface area contributed by atoms with Crippen LogP contribution < -0.4 is 21.1 Å². The van der Waals surface area contributed by atoms with Crippen LogP contribution >= 0.6 is 0 Å². The van der Waals surface area contributed by atoms with Crippen LogP contribution in [0.15, 0.2) is 60.7 Å². The van der Waals surface area contributed by atoms with Crippen LogP contribution in [0.25, 0.3) is 10.8 Å². The molecule has 0 spiro atoms. The average molecular weight is 362 g/mol. The molecule has 7 heteroatoms. The number of hydrogen-bond acceptors (Lipinski definition) is 5. The predicted octanol–water partition coefficient (Wildman–Crippen LogP) is 2.89. The maximum Gasteiger partial charge on any atom is 0.308 e. The van der Waals surface area contributed by atoms with Gasteiger partial charge in [-0.2, -0.15) is 0 Å². The Hall–Kier alpha value is -3.87. The van der Waals surface area contributed by atoms with E-state index < -0.39 is 17.8 Å². The largest absolute Gasteiger partial charge is 0.426 e. The minimum absolute atomic E-state index is 0.105. The zero-order chi connectivity index (χ0) is 19.6. The minimum atomic E-state index is -0.589. The number of carbonyl (C=O) groups excluding carboxylic acids is 2. The summed E-state index contributed by atoms with van der Waals surface area (Å²) in [5.74, 6) is -1.50. The normalized spacial score (nSPS) is 10.4. The maximum atomic E-state index is 13.2. The average Bonchev–Trinajstić information content (AvgIpc) is 2.62. The number of fused-ring (bicyclic) bond motifs is 1. The van der Waals surface area contributed by atoms with Crippen molar-refractivity contribution in [2.45, 2.75) is 6.92 Å². The van der Waals surface area contributed by atoms with Crippen molar-refractivity contribution in [1.82, 2.24) is 0 Å². The van der Waals surface area contributed by atoms with Gasteiger partial charge in [0.1, 0.15) is 5.75 Å². The minimum Gasteiger partial charge on any atom is -0.426 e. The van der Waals surface area contributed by atoms with Crippen LogP contribution in [-0.2, 0) is 4.79 Å². The molecule has 3 rings (SSSR count). The molecule has 27 heavy (non-hydrogen) atoms. The molecule has 0 bridgehead atoms. The summed E-state index contributed by atoms with van der Waals surface area (Å²) in [5.41, 5.74) is 12.4. The molecule has 0 aliphatic heterocycles. The molecule has 0 radical (unpaired) electrons. The van der Waals surface area contributed by atoms with Crippen molar-refractivity contribution < 1.29 is 14.3 Å². The molecule has 136 valence electrons. The van der Waals surface area contributed by atoms with E-state index in [-0.39, 0.29) is 11.3 Å². The highest BCUT2D eigenvalue weighted by Gasteiger charge is 2.25. The highest BCUT2D eigenvalue weighted by molar-refractivity contribution is 6.22. The van der Waals surface area contributed by atoms with Crippen molar-refractivity contribution >= 4 is 40.0 Å². The van der Waals surface area contributed by atoms with Crippen LogP contribution in [0, 0.1) is 5.41 Å². The number of amides is 1. The van der Waals surface area contributed by atoms with Crippen LogP contribution in [0.3, 0.4) is 0 Å². The van der Waals surface area contributed by atoms with E-state index >= 15 is 0 Å². The molecule has 0 heterocycles. The molecule has 3 aromatic carbocycles. The highest BCUT2D eigenvalue weighted by atomic mass is 16.5. The SMILES string of the molecule is CC(=O)Oc1cc2ccccc2cc1C(=O)N(C(=N)N)c1ccc(N)cc1. The van der Waals surface area contributed by atoms with Gasteiger partial charge in [0.05, 0.1) is 11.3 Å². The monoisotopic (exact) mass is 362 g/mol. The van der Waals surface area contributed by atoms with Gasteiger partial charge < -0.3 is 16.2 Å². The van der Waals surface area contributed by atoms with Crippen LogP contribution in [0.1, 0.15) is 17.3 Å². The van der Waals surface area contributed by atoms with Crippen molar-refractivity contribution in [3.05, 3.63) is 66.2 Å². The number of nitrogen functional groups attached to an aromatic ring is 1. The Labute approximate surface area is 155 Å². The number of rotatable bonds is 3. The molecule has 5 N–H and O–H groups in total. The molecule has 7 nitrogen and oxygen atoms in total. The lowest BCUT2D eigenvalue weighted by Gasteiger charge is -2.22. The van der Waals surface area contributed by atoms with E-state index in [1.165, 1.54) is 6.92 Å². The van der Waals surface area contributed by atoms with E-state index in [0.29, 0.717) is 11.4 Å². The molecule has 0 unspecified atom stereocenters. The first-order valence-electron chi connectivity index (χ1n) is 8.12. The van der Waals surface area contributed by atoms with Gasteiger partial charge in [-0.3, -0.25) is 15.0 Å². The first-order valence-corrected chi connectivity index (χ1v) is 8.12. The summed E-state index contributed by atoms with van der Waals surface area (Å²) in [4.78, 5) is 25.7. The number of anilines is 2. The maximum absolute atomic E-state index is 13.2. The topological polar surface area (TPSA) is 122 Å². The van der Waals surface area contributed by atoms with Gasteiger partial charge in [-0.15, -0.1) is 0 Å². The number of carbonyl (C=O) groups is 2. The Balaban J connectivity index is 2.15. The Bertz CT molecular complexity index is 1040. The number of nitrogens with zero attached hydrogens (tertiary/aromatic N) is 1. The Morgan fingerprint density at radius 1 is 1.00 bits per heavy atom. The summed E-state index contributed by atoms with van der Waals surface area (Å²) >= 11 is 0. The standard InChI is InChI=1S/C20H18N4O3/c1-12(25)27-18-11-14-5-3-2-4-13(14)10-17(18)19(26)24(20(22)23)16-8-6-15(21)7-9-16/h2-11H,21H2,1H3,(H3,22,23). The second-order valence-corrected chi connectivity index (χ2v) is 5.91. The third kappa shape index (κ3) is 3.72. The Morgan fingerprint density at radius 2 is 1.59 bits per heavy atom. The molecule has 0 saturated carbocycles. The number of ether oxygens (including phenoxy) is 1. The highest BCUT2D eigenvalue weighted by Crippen LogP contribution is 2.29. The fourth-order valence-corrected chi connectivity index (χ4v) is 2.74. The number of guanidine groups is 1. The predicted molar refractivity (Wildman–Crippen MR) is 105 cm³/mol. The zero-order valence-electron chi connectivity index (χ0n) is 14.6. The van der Waals surface area contributed by atoms with Gasteiger partial charge in [0.25, 0.3) is 5.91 Å². The van der Waals surface area contributed by atoms with Gasteiger partial charge in [-0.05, 0) is 47.2 Å². The number of hydrogen-bond donors (Lipinski definition) is 3. The van der Waals surface area contributed by atoms with Crippen molar-refractivity contribution in [3.63, 3.8) is 0 Å². The molecular formula is C20H18N4O3. The van der Waals surface area contributed by atoms with Crippen LogP contribution in [0.5, 0.6) is 5.75 Å². The number of esters is 1. The van der Waals surface area contributed by atoms with E-state index in [4.69, 9.17) is 21.6 Å². The summed E-state index contributed by atoms with van der Waals surface area (Å²) in [6.07, 6.45) is 0. The smallest absolute Gasteiger partial charge is 0.308 e. The van der Waals surface area contributed by atoms with Gasteiger partial charge in [0.15, 0.2) is 5.96 Å². The third-order valence-electron chi connectivity index (χ3n) is 3.93. The molecule has 0 atom stereocenters. The van der Waals surface area contributed by atoms with E-state index in [1.807, 2.05) is 24.3 Å². The van der Waals surface area contributed by atoms with E-state index in [1.54, 1.807) is 36.4 Å². The molecule has 0 saturated heterocycles. The van der Waals surface area contributed by atoms with E-state index in [2.05, 4.69) is 0 Å². The molecule has 0 aliphatic carbocycles. The molecule has 3 aromatic rings. The molecule has 0 fully saturated rings. The summed E-state index contributed by atoms with van der Waals surface area (Å²) in [5, 5.41) is 9.44. The summed E-state index contributed by atoms with van der Waals surface area (Å²) in [6, 6.07) is 17.0. The van der Waals surface area contributed by atoms with Gasteiger partial charge in [-0.25, -0.2) is 4.90 Å². The summed E-state index contributed by atoms with van der Waals surface area (Å²) < 4.78 is 5.24. The van der Waals surface area contributed by atoms with Crippen LogP contribution in [0.2, 0.25) is 0 Å². The van der Waals surface area contributed by atoms with Crippen LogP contribution in [-0.4, -0.2) is 17.8 Å². The molecule has 1 amide bonds. The lowest BCUT2D eigenvalue weighted by atomic mass is 10.0. The Morgan fingerprint density at radius 3 is 2.15 bits per heavy atom. The lowest BCUT2D eigenvalue weighted by Crippen LogP contribution is -2.41. The molecule has 0 aromatic heterocycles. The van der Waals surface area contributed by atoms with Gasteiger partial charge in [-0.1, -0.05) is 24.3 Å². The molecular weight excluding hydrogens is 344 g/mol. The van der Waals surface area contributed by atoms with Crippen molar-refractivity contribution in [2.24, 2.45) is 5.73 Å². The second-order valence-electron chi connectivity index (χ2n) is 5.91. The fourth-order valence-electron chi connectivity index (χ4n) is 2.74. The first-order chi connectivity index (χ1) is 12.9. The van der Waals surface area contributed by atoms with Crippen LogP contribution in [0.4, 0.5) is 11.4 Å². The van der Waals surface area contributed by atoms with Crippen molar-refractivity contribution in [3.8, 4) is 5.75 Å². The molecule has 0 aliphatic rings. The van der Waals surface area contributed by atoms with Gasteiger partial charge in [0, 0.05) is 12.6 Å². The summed E-state index contributed by atoms with van der Waals surface area (Å²) in [7, 11) is 0. The van der Waals surface area contributed by atoms with Crippen molar-refractivity contribution in [2.75, 3.05) is 10.6 Å². The van der Waals surface area contributed by atoms with Gasteiger partial charge in [0.2, 0.25) is 0 Å². The second kappa shape index (κ2) is 7.17. The Kier molecular flexibility index (Phi) is 4.76. The zero-order valence-corrected chi connectivity index (χ0v) is 14.6. The van der Waals surface area contributed by atoms with Gasteiger partial charge >= 0.3 is 5.97 Å². The number of benzene rings is 3. The van der Waals surface area contributed by atoms with Crippen molar-refractivity contribution in [1.29, 1.82) is 5.41 Å². The summed E-state index contributed by atoms with van der Waals surface area (Å²) in [6.45, 7) is 1.26. The number of nitrogens with one attached hydrogen (secondary N) is 1. The number of nitrogens with two attached hydrogens (primary N) is 2. The third-order valence-corrected chi connectivity index (χ3v) is 3.93. The first kappa shape index (κ1) is 17.9. The van der Waals surface area contributed by atoms with E-state index in [0.717, 1.165) is 15.7 Å². The lowest BCUT2D eigenvalue weighted by molar-refractivity contribution is -0.131.